The number of carbonyl (C=O) groups is 2. The lowest BCUT2D eigenvalue weighted by Crippen LogP contribution is -2.51. The summed E-state index contributed by atoms with van der Waals surface area (Å²) in [7, 11) is 0. The van der Waals surface area contributed by atoms with Crippen molar-refractivity contribution < 1.29 is 14.7 Å². The molecule has 1 aliphatic carbocycles. The predicted molar refractivity (Wildman–Crippen MR) is 137 cm³/mol. The molecule has 1 aromatic heterocycles. The van der Waals surface area contributed by atoms with Crippen LogP contribution in [0.3, 0.4) is 0 Å². The topological polar surface area (TPSA) is 110 Å². The van der Waals surface area contributed by atoms with Gasteiger partial charge in [-0.3, -0.25) is 24.4 Å². The van der Waals surface area contributed by atoms with Crippen molar-refractivity contribution in [2.45, 2.75) is 82.5 Å². The highest BCUT2D eigenvalue weighted by molar-refractivity contribution is 6.04. The Morgan fingerprint density at radius 1 is 1.19 bits per heavy atom. The van der Waals surface area contributed by atoms with Crippen LogP contribution in [-0.4, -0.2) is 51.5 Å². The third-order valence-corrected chi connectivity index (χ3v) is 7.15. The Morgan fingerprint density at radius 3 is 2.47 bits per heavy atom. The third-order valence-electron chi connectivity index (χ3n) is 7.15. The van der Waals surface area contributed by atoms with Crippen molar-refractivity contribution in [3.8, 4) is 6.19 Å². The van der Waals surface area contributed by atoms with Crippen LogP contribution in [0.1, 0.15) is 70.0 Å². The molecule has 1 saturated carbocycles. The second kappa shape index (κ2) is 10.7. The van der Waals surface area contributed by atoms with E-state index >= 15 is 0 Å². The van der Waals surface area contributed by atoms with Gasteiger partial charge in [0.15, 0.2) is 6.19 Å². The van der Waals surface area contributed by atoms with E-state index in [1.54, 1.807) is 24.5 Å². The minimum atomic E-state index is -0.967. The largest absolute Gasteiger partial charge is 0.391 e. The number of carbonyl (C=O) groups excluding carboxylic acids is 2. The molecule has 2 amide bonds. The molecule has 2 fully saturated rings. The van der Waals surface area contributed by atoms with Crippen LogP contribution in [0.15, 0.2) is 48.8 Å². The smallest absolute Gasteiger partial charge is 0.251 e. The maximum atomic E-state index is 14.1. The Morgan fingerprint density at radius 2 is 1.89 bits per heavy atom. The second-order valence-corrected chi connectivity index (χ2v) is 10.8. The Balaban J connectivity index is 1.79. The number of aliphatic hydroxyl groups excluding tert-OH is 1. The number of likely N-dealkylation sites (tertiary alicyclic amines) is 1. The van der Waals surface area contributed by atoms with Crippen LogP contribution in [0, 0.1) is 11.5 Å². The Hall–Kier alpha value is -3.44. The zero-order chi connectivity index (χ0) is 25.9. The predicted octanol–water partition coefficient (Wildman–Crippen LogP) is 3.43. The number of anilines is 1. The van der Waals surface area contributed by atoms with E-state index in [9.17, 15) is 20.0 Å². The lowest BCUT2D eigenvalue weighted by molar-refractivity contribution is -0.128. The van der Waals surface area contributed by atoms with Crippen LogP contribution < -0.4 is 10.2 Å². The Bertz CT molecular complexity index is 1100. The number of benzene rings is 1. The highest BCUT2D eigenvalue weighted by Crippen LogP contribution is 2.33. The first kappa shape index (κ1) is 25.6. The van der Waals surface area contributed by atoms with Gasteiger partial charge >= 0.3 is 0 Å². The molecule has 8 heteroatoms. The van der Waals surface area contributed by atoms with E-state index in [2.05, 4.69) is 31.1 Å². The van der Waals surface area contributed by atoms with Crippen molar-refractivity contribution in [3.63, 3.8) is 0 Å². The monoisotopic (exact) mass is 489 g/mol. The fraction of sp³-hybridized carbons (Fsp3) is 0.500. The zero-order valence-electron chi connectivity index (χ0n) is 21.2. The molecule has 1 unspecified atom stereocenters. The summed E-state index contributed by atoms with van der Waals surface area (Å²) < 4.78 is 0. The van der Waals surface area contributed by atoms with Crippen LogP contribution in [0.25, 0.3) is 0 Å². The number of hydrogen-bond acceptors (Lipinski definition) is 6. The van der Waals surface area contributed by atoms with Gasteiger partial charge in [0.25, 0.3) is 5.91 Å². The molecule has 1 saturated heterocycles. The molecule has 3 atom stereocenters. The molecule has 4 rings (SSSR count). The molecule has 8 nitrogen and oxygen atoms in total. The van der Waals surface area contributed by atoms with Gasteiger partial charge in [0.05, 0.1) is 12.6 Å². The van der Waals surface area contributed by atoms with E-state index in [0.29, 0.717) is 11.3 Å². The van der Waals surface area contributed by atoms with E-state index in [1.165, 1.54) is 9.80 Å². The molecule has 36 heavy (non-hydrogen) atoms. The number of rotatable bonds is 6. The number of nitrogens with one attached hydrogen (secondary N) is 1. The zero-order valence-corrected chi connectivity index (χ0v) is 21.2. The summed E-state index contributed by atoms with van der Waals surface area (Å²) in [5, 5.41) is 23.0. The molecule has 2 heterocycles. The molecular weight excluding hydrogens is 454 g/mol. The molecule has 0 bridgehead atoms. The Kier molecular flexibility index (Phi) is 7.60. The van der Waals surface area contributed by atoms with Crippen molar-refractivity contribution >= 4 is 17.5 Å². The number of aromatic nitrogens is 1. The van der Waals surface area contributed by atoms with Crippen LogP contribution in [0.5, 0.6) is 0 Å². The fourth-order valence-corrected chi connectivity index (χ4v) is 5.15. The fourth-order valence-electron chi connectivity index (χ4n) is 5.15. The van der Waals surface area contributed by atoms with E-state index in [1.807, 2.05) is 30.5 Å². The lowest BCUT2D eigenvalue weighted by Gasteiger charge is -2.35. The summed E-state index contributed by atoms with van der Waals surface area (Å²) in [5.41, 5.74) is 2.16. The first-order chi connectivity index (χ1) is 17.2. The minimum absolute atomic E-state index is 0.0702. The minimum Gasteiger partial charge on any atom is -0.391 e. The Labute approximate surface area is 212 Å². The maximum absolute atomic E-state index is 14.1. The number of hydrogen-bond donors (Lipinski definition) is 2. The van der Waals surface area contributed by atoms with Crippen molar-refractivity contribution in [3.05, 3.63) is 59.9 Å². The van der Waals surface area contributed by atoms with Crippen LogP contribution in [0.4, 0.5) is 5.69 Å². The van der Waals surface area contributed by atoms with Gasteiger partial charge in [-0.25, -0.2) is 0 Å². The molecule has 1 aliphatic heterocycles. The van der Waals surface area contributed by atoms with Crippen molar-refractivity contribution in [1.29, 1.82) is 5.26 Å². The van der Waals surface area contributed by atoms with E-state index in [0.717, 1.165) is 31.2 Å². The SMILES string of the molecule is CC(C)(C)c1ccc(N(C(=O)[C@H]2C[C@@H](O)CN2C#N)C(C(=O)NC2CCCC2)c2cccnc2)cc1. The maximum Gasteiger partial charge on any atom is 0.251 e. The highest BCUT2D eigenvalue weighted by atomic mass is 16.3. The van der Waals surface area contributed by atoms with Gasteiger partial charge in [-0.1, -0.05) is 51.8 Å². The second-order valence-electron chi connectivity index (χ2n) is 10.8. The van der Waals surface area contributed by atoms with Gasteiger partial charge in [0.1, 0.15) is 12.1 Å². The van der Waals surface area contributed by atoms with E-state index in [-0.39, 0.29) is 30.3 Å². The third kappa shape index (κ3) is 5.52. The molecule has 2 N–H and O–H groups in total. The summed E-state index contributed by atoms with van der Waals surface area (Å²) >= 11 is 0. The molecule has 2 aromatic rings. The van der Waals surface area contributed by atoms with E-state index < -0.39 is 24.1 Å². The normalized spacial score (nSPS) is 21.1. The summed E-state index contributed by atoms with van der Waals surface area (Å²) in [6, 6.07) is 9.43. The average Bonchev–Trinajstić information content (AvgIpc) is 3.51. The van der Waals surface area contributed by atoms with Gasteiger partial charge in [-0.15, -0.1) is 0 Å². The van der Waals surface area contributed by atoms with E-state index in [4.69, 9.17) is 0 Å². The van der Waals surface area contributed by atoms with Gasteiger partial charge in [0, 0.05) is 36.1 Å². The lowest BCUT2D eigenvalue weighted by atomic mass is 9.87. The number of nitriles is 1. The van der Waals surface area contributed by atoms with Crippen molar-refractivity contribution in [1.82, 2.24) is 15.2 Å². The summed E-state index contributed by atoms with van der Waals surface area (Å²) in [6.07, 6.45) is 8.58. The first-order valence-electron chi connectivity index (χ1n) is 12.7. The number of pyridine rings is 1. The van der Waals surface area contributed by atoms with Gasteiger partial charge in [0.2, 0.25) is 5.91 Å². The van der Waals surface area contributed by atoms with Crippen molar-refractivity contribution in [2.24, 2.45) is 0 Å². The summed E-state index contributed by atoms with van der Waals surface area (Å²) in [5.74, 6) is -0.669. The molecule has 0 spiro atoms. The summed E-state index contributed by atoms with van der Waals surface area (Å²) in [6.45, 7) is 6.44. The van der Waals surface area contributed by atoms with Gasteiger partial charge < -0.3 is 10.4 Å². The number of amides is 2. The molecule has 1 aromatic carbocycles. The number of aliphatic hydroxyl groups is 1. The number of β-amino-alcohol motifs (C(OH)–C–C–N with tert-alkyl or cyclic N) is 1. The summed E-state index contributed by atoms with van der Waals surface area (Å²) in [4.78, 5) is 34.9. The van der Waals surface area contributed by atoms with Gasteiger partial charge in [-0.05, 0) is 42.0 Å². The molecular formula is C28H35N5O3. The standard InChI is InChI=1S/C28H35N5O3/c1-28(2,3)20-10-12-22(13-11-20)33(27(36)24-15-23(34)17-32(24)18-29)25(19-7-6-14-30-16-19)26(35)31-21-8-4-5-9-21/h6-7,10-14,16,21,23-25,34H,4-5,8-9,15,17H2,1-3H3,(H,31,35)/t23-,24-,25?/m1/s1. The molecule has 0 radical (unpaired) electrons. The van der Waals surface area contributed by atoms with Crippen LogP contribution in [-0.2, 0) is 15.0 Å². The van der Waals surface area contributed by atoms with Gasteiger partial charge in [-0.2, -0.15) is 5.26 Å². The van der Waals surface area contributed by atoms with Crippen LogP contribution in [0.2, 0.25) is 0 Å². The first-order valence-corrected chi connectivity index (χ1v) is 12.7. The average molecular weight is 490 g/mol. The van der Waals surface area contributed by atoms with Crippen LogP contribution >= 0.6 is 0 Å². The highest BCUT2D eigenvalue weighted by Gasteiger charge is 2.43. The molecule has 190 valence electrons. The quantitative estimate of drug-likeness (QED) is 0.602. The number of nitrogens with zero attached hydrogens (tertiary/aromatic N) is 4. The molecule has 2 aliphatic rings. The van der Waals surface area contributed by atoms with Crippen molar-refractivity contribution in [2.75, 3.05) is 11.4 Å².